The fraction of sp³-hybridized carbons (Fsp3) is 0.429. The monoisotopic (exact) mass is 295 g/mol. The Bertz CT molecular complexity index is 571. The molecule has 20 heavy (non-hydrogen) atoms. The summed E-state index contributed by atoms with van der Waals surface area (Å²) in [5.74, 6) is 1.84. The number of halogens is 1. The third-order valence-corrected chi connectivity index (χ3v) is 3.27. The number of ether oxygens (including phenoxy) is 1. The van der Waals surface area contributed by atoms with Gasteiger partial charge in [-0.3, -0.25) is 0 Å². The van der Waals surface area contributed by atoms with E-state index in [4.69, 9.17) is 20.8 Å². The summed E-state index contributed by atoms with van der Waals surface area (Å²) < 4.78 is 11.2. The molecule has 0 bridgehead atoms. The number of hydrogen-bond acceptors (Lipinski definition) is 5. The molecule has 1 heterocycles. The number of nitrogens with one attached hydrogen (secondary N) is 1. The van der Waals surface area contributed by atoms with E-state index in [0.717, 1.165) is 17.7 Å². The van der Waals surface area contributed by atoms with E-state index in [2.05, 4.69) is 15.5 Å². The smallest absolute Gasteiger partial charge is 0.253 e. The van der Waals surface area contributed by atoms with Crippen molar-refractivity contribution in [2.75, 3.05) is 7.05 Å². The van der Waals surface area contributed by atoms with Crippen LogP contribution in [0.5, 0.6) is 5.75 Å². The maximum absolute atomic E-state index is 6.03. The Morgan fingerprint density at radius 3 is 2.75 bits per heavy atom. The van der Waals surface area contributed by atoms with Crippen LogP contribution in [0, 0.1) is 0 Å². The molecule has 2 rings (SSSR count). The summed E-state index contributed by atoms with van der Waals surface area (Å²) in [6.07, 6.45) is 0.718. The zero-order valence-electron chi connectivity index (χ0n) is 11.8. The predicted octanol–water partition coefficient (Wildman–Crippen LogP) is 3.14. The molecule has 5 nitrogen and oxygen atoms in total. The Labute approximate surface area is 123 Å². The number of aromatic nitrogens is 2. The Hall–Kier alpha value is -1.59. The number of rotatable bonds is 6. The van der Waals surface area contributed by atoms with E-state index in [9.17, 15) is 0 Å². The van der Waals surface area contributed by atoms with E-state index in [0.29, 0.717) is 16.8 Å². The highest BCUT2D eigenvalue weighted by molar-refractivity contribution is 6.30. The van der Waals surface area contributed by atoms with Crippen molar-refractivity contribution in [3.63, 3.8) is 0 Å². The van der Waals surface area contributed by atoms with Gasteiger partial charge in [-0.25, -0.2) is 0 Å². The van der Waals surface area contributed by atoms with Gasteiger partial charge in [0.2, 0.25) is 5.89 Å². The Morgan fingerprint density at radius 1 is 1.35 bits per heavy atom. The third kappa shape index (κ3) is 3.49. The lowest BCUT2D eigenvalue weighted by Crippen LogP contribution is -2.13. The molecule has 0 saturated carbocycles. The Morgan fingerprint density at radius 2 is 2.10 bits per heavy atom. The van der Waals surface area contributed by atoms with Crippen LogP contribution in [0.1, 0.15) is 37.2 Å². The molecule has 2 aromatic rings. The van der Waals surface area contributed by atoms with E-state index >= 15 is 0 Å². The van der Waals surface area contributed by atoms with Crippen molar-refractivity contribution >= 4 is 11.6 Å². The molecule has 0 spiro atoms. The van der Waals surface area contributed by atoms with Crippen molar-refractivity contribution in [3.05, 3.63) is 40.6 Å². The van der Waals surface area contributed by atoms with E-state index in [1.807, 2.05) is 33.0 Å². The van der Waals surface area contributed by atoms with Gasteiger partial charge in [-0.1, -0.05) is 18.5 Å². The largest absolute Gasteiger partial charge is 0.483 e. The molecule has 0 saturated heterocycles. The highest BCUT2D eigenvalue weighted by Gasteiger charge is 2.12. The van der Waals surface area contributed by atoms with Crippen LogP contribution in [-0.4, -0.2) is 17.2 Å². The minimum absolute atomic E-state index is 0.137. The second-order valence-electron chi connectivity index (χ2n) is 4.42. The number of benzene rings is 1. The van der Waals surface area contributed by atoms with E-state index in [-0.39, 0.29) is 12.6 Å². The summed E-state index contributed by atoms with van der Waals surface area (Å²) >= 11 is 6.03. The van der Waals surface area contributed by atoms with Gasteiger partial charge in [0.25, 0.3) is 5.89 Å². The summed E-state index contributed by atoms with van der Waals surface area (Å²) in [6, 6.07) is 5.68. The molecular formula is C14H18ClN3O2. The zero-order chi connectivity index (χ0) is 14.5. The average Bonchev–Trinajstić information content (AvgIpc) is 2.93. The summed E-state index contributed by atoms with van der Waals surface area (Å²) in [5, 5.41) is 11.7. The van der Waals surface area contributed by atoms with E-state index in [1.54, 1.807) is 6.07 Å². The van der Waals surface area contributed by atoms with Crippen LogP contribution in [0.25, 0.3) is 0 Å². The first kappa shape index (κ1) is 14.8. The first-order valence-corrected chi connectivity index (χ1v) is 6.92. The molecule has 0 amide bonds. The third-order valence-electron chi connectivity index (χ3n) is 3.03. The summed E-state index contributed by atoms with van der Waals surface area (Å²) in [7, 11) is 1.89. The van der Waals surface area contributed by atoms with Crippen LogP contribution in [-0.2, 0) is 13.0 Å². The van der Waals surface area contributed by atoms with Gasteiger partial charge in [-0.2, -0.15) is 0 Å². The first-order valence-electron chi connectivity index (χ1n) is 6.54. The van der Waals surface area contributed by atoms with Crippen molar-refractivity contribution in [1.29, 1.82) is 0 Å². The van der Waals surface area contributed by atoms with Crippen molar-refractivity contribution in [2.45, 2.75) is 32.9 Å². The molecule has 0 aliphatic rings. The molecule has 0 fully saturated rings. The fourth-order valence-electron chi connectivity index (χ4n) is 1.77. The van der Waals surface area contributed by atoms with Crippen LogP contribution < -0.4 is 10.1 Å². The number of nitrogens with zero attached hydrogens (tertiary/aromatic N) is 2. The van der Waals surface area contributed by atoms with Gasteiger partial charge in [0.1, 0.15) is 5.75 Å². The zero-order valence-corrected chi connectivity index (χ0v) is 12.6. The molecule has 0 radical (unpaired) electrons. The molecule has 1 aromatic heterocycles. The molecule has 0 aliphatic heterocycles. The van der Waals surface area contributed by atoms with Crippen molar-refractivity contribution < 1.29 is 9.15 Å². The van der Waals surface area contributed by atoms with Gasteiger partial charge in [0.05, 0.1) is 0 Å². The van der Waals surface area contributed by atoms with Crippen molar-refractivity contribution in [1.82, 2.24) is 15.5 Å². The summed E-state index contributed by atoms with van der Waals surface area (Å²) in [5.41, 5.74) is 0.996. The highest BCUT2D eigenvalue weighted by Crippen LogP contribution is 2.28. The normalized spacial score (nSPS) is 12.4. The van der Waals surface area contributed by atoms with Gasteiger partial charge < -0.3 is 14.5 Å². The van der Waals surface area contributed by atoms with Crippen molar-refractivity contribution in [3.8, 4) is 5.75 Å². The Balaban J connectivity index is 2.12. The molecule has 6 heteroatoms. The topological polar surface area (TPSA) is 60.2 Å². The SMILES string of the molecule is CCc1nnc(COc2ccc(Cl)cc2C(C)NC)o1. The predicted molar refractivity (Wildman–Crippen MR) is 76.9 cm³/mol. The van der Waals surface area contributed by atoms with Gasteiger partial charge >= 0.3 is 0 Å². The lowest BCUT2D eigenvalue weighted by atomic mass is 10.1. The summed E-state index contributed by atoms with van der Waals surface area (Å²) in [4.78, 5) is 0. The van der Waals surface area contributed by atoms with Gasteiger partial charge in [0.15, 0.2) is 6.61 Å². The molecule has 0 aliphatic carbocycles. The van der Waals surface area contributed by atoms with Gasteiger partial charge in [-0.15, -0.1) is 10.2 Å². The van der Waals surface area contributed by atoms with Crippen LogP contribution in [0.15, 0.2) is 22.6 Å². The van der Waals surface area contributed by atoms with Crippen LogP contribution in [0.3, 0.4) is 0 Å². The molecule has 1 atom stereocenters. The van der Waals surface area contributed by atoms with Crippen LogP contribution in [0.4, 0.5) is 0 Å². The molecular weight excluding hydrogens is 278 g/mol. The van der Waals surface area contributed by atoms with Crippen LogP contribution in [0.2, 0.25) is 5.02 Å². The maximum Gasteiger partial charge on any atom is 0.253 e. The molecule has 1 aromatic carbocycles. The molecule has 1 N–H and O–H groups in total. The van der Waals surface area contributed by atoms with Crippen LogP contribution >= 0.6 is 11.6 Å². The quantitative estimate of drug-likeness (QED) is 0.887. The first-order chi connectivity index (χ1) is 9.63. The lowest BCUT2D eigenvalue weighted by molar-refractivity contribution is 0.255. The van der Waals surface area contributed by atoms with Gasteiger partial charge in [-0.05, 0) is 32.2 Å². The Kier molecular flexibility index (Phi) is 4.98. The van der Waals surface area contributed by atoms with Crippen molar-refractivity contribution in [2.24, 2.45) is 0 Å². The van der Waals surface area contributed by atoms with E-state index in [1.165, 1.54) is 0 Å². The molecule has 1 unspecified atom stereocenters. The average molecular weight is 296 g/mol. The van der Waals surface area contributed by atoms with Gasteiger partial charge in [0, 0.05) is 23.0 Å². The number of hydrogen-bond donors (Lipinski definition) is 1. The second kappa shape index (κ2) is 6.72. The minimum atomic E-state index is 0.137. The maximum atomic E-state index is 6.03. The lowest BCUT2D eigenvalue weighted by Gasteiger charge is -2.16. The fourth-order valence-corrected chi connectivity index (χ4v) is 1.95. The molecule has 108 valence electrons. The second-order valence-corrected chi connectivity index (χ2v) is 4.86. The summed E-state index contributed by atoms with van der Waals surface area (Å²) in [6.45, 7) is 4.25. The minimum Gasteiger partial charge on any atom is -0.483 e. The highest BCUT2D eigenvalue weighted by atomic mass is 35.5. The standard InChI is InChI=1S/C14H18ClN3O2/c1-4-13-17-18-14(20-13)8-19-12-6-5-10(15)7-11(12)9(2)16-3/h5-7,9,16H,4,8H2,1-3H3. The van der Waals surface area contributed by atoms with E-state index < -0.39 is 0 Å². The number of aryl methyl sites for hydroxylation is 1.